The summed E-state index contributed by atoms with van der Waals surface area (Å²) in [5.41, 5.74) is 1.21. The number of benzene rings is 1. The molecule has 2 heterocycles. The topological polar surface area (TPSA) is 76.6 Å². The zero-order valence-electron chi connectivity index (χ0n) is 13.6. The van der Waals surface area contributed by atoms with Gasteiger partial charge in [0.15, 0.2) is 11.6 Å². The molecule has 0 spiro atoms. The smallest absolute Gasteiger partial charge is 0.410 e. The van der Waals surface area contributed by atoms with Crippen LogP contribution in [0.25, 0.3) is 0 Å². The van der Waals surface area contributed by atoms with Gasteiger partial charge in [0.2, 0.25) is 0 Å². The van der Waals surface area contributed by atoms with Gasteiger partial charge in [-0.15, -0.1) is 0 Å². The van der Waals surface area contributed by atoms with Gasteiger partial charge in [0.25, 0.3) is 0 Å². The number of hydrogen-bond donors (Lipinski definition) is 0. The minimum absolute atomic E-state index is 0.0201. The molecule has 1 saturated heterocycles. The molecule has 1 aromatic heterocycles. The number of aromatic nitrogens is 1. The summed E-state index contributed by atoms with van der Waals surface area (Å²) in [6, 6.07) is 14.4. The summed E-state index contributed by atoms with van der Waals surface area (Å²) in [7, 11) is 0. The quantitative estimate of drug-likeness (QED) is 0.783. The highest BCUT2D eigenvalue weighted by atomic mass is 16.6. The van der Waals surface area contributed by atoms with E-state index in [1.54, 1.807) is 18.2 Å². The summed E-state index contributed by atoms with van der Waals surface area (Å²) in [6.07, 6.45) is 1.06. The van der Waals surface area contributed by atoms with E-state index in [1.165, 1.54) is 11.1 Å². The molecule has 1 unspecified atom stereocenters. The van der Waals surface area contributed by atoms with Gasteiger partial charge in [-0.2, -0.15) is 0 Å². The minimum Gasteiger partial charge on any atom is -0.445 e. The molecule has 1 aliphatic heterocycles. The normalized spacial score (nSPS) is 16.7. The number of ketones is 2. The number of hydrogen-bond acceptors (Lipinski definition) is 5. The van der Waals surface area contributed by atoms with E-state index in [1.807, 2.05) is 30.3 Å². The van der Waals surface area contributed by atoms with Crippen molar-refractivity contribution < 1.29 is 19.1 Å². The van der Waals surface area contributed by atoms with Crippen LogP contribution in [0.1, 0.15) is 22.5 Å². The molecule has 2 aromatic rings. The molecule has 3 rings (SSSR count). The number of carbonyl (C=O) groups excluding carboxylic acids is 3. The Kier molecular flexibility index (Phi) is 5.18. The largest absolute Gasteiger partial charge is 0.445 e. The Morgan fingerprint density at radius 3 is 2.60 bits per heavy atom. The Hall–Kier alpha value is -3.02. The molecule has 128 valence electrons. The van der Waals surface area contributed by atoms with Crippen LogP contribution in [0.2, 0.25) is 0 Å². The summed E-state index contributed by atoms with van der Waals surface area (Å²) in [6.45, 7) is 0.334. The molecular formula is C19H18N2O4. The molecule has 0 saturated carbocycles. The van der Waals surface area contributed by atoms with Crippen LogP contribution in [-0.2, 0) is 16.1 Å². The van der Waals surface area contributed by atoms with Crippen molar-refractivity contribution >= 4 is 17.7 Å². The number of rotatable bonds is 5. The highest BCUT2D eigenvalue weighted by Gasteiger charge is 2.35. The van der Waals surface area contributed by atoms with E-state index in [0.717, 1.165) is 5.56 Å². The first-order chi connectivity index (χ1) is 12.1. The molecule has 0 radical (unpaired) electrons. The van der Waals surface area contributed by atoms with Gasteiger partial charge < -0.3 is 9.64 Å². The van der Waals surface area contributed by atoms with E-state index in [4.69, 9.17) is 4.74 Å². The van der Waals surface area contributed by atoms with Crippen molar-refractivity contribution in [2.45, 2.75) is 13.0 Å². The summed E-state index contributed by atoms with van der Waals surface area (Å²) in [5.74, 6) is -0.821. The Labute approximate surface area is 145 Å². The third-order valence-corrected chi connectivity index (χ3v) is 4.09. The number of nitrogens with zero attached hydrogens (tertiary/aromatic N) is 2. The number of Topliss-reactive ketones (excluding diaryl/α,β-unsaturated/α-hetero) is 2. The number of carbonyl (C=O) groups is 3. The zero-order valence-corrected chi connectivity index (χ0v) is 13.6. The lowest BCUT2D eigenvalue weighted by atomic mass is 9.99. The van der Waals surface area contributed by atoms with E-state index in [2.05, 4.69) is 4.98 Å². The van der Waals surface area contributed by atoms with Gasteiger partial charge in [-0.25, -0.2) is 4.79 Å². The molecule has 1 aromatic carbocycles. The van der Waals surface area contributed by atoms with Crippen LogP contribution in [0.5, 0.6) is 0 Å². The molecular weight excluding hydrogens is 320 g/mol. The third kappa shape index (κ3) is 4.29. The van der Waals surface area contributed by atoms with Crippen molar-refractivity contribution in [1.82, 2.24) is 9.88 Å². The van der Waals surface area contributed by atoms with Gasteiger partial charge >= 0.3 is 6.09 Å². The van der Waals surface area contributed by atoms with Crippen molar-refractivity contribution in [3.05, 3.63) is 66.0 Å². The molecule has 25 heavy (non-hydrogen) atoms. The van der Waals surface area contributed by atoms with Crippen LogP contribution in [0, 0.1) is 5.92 Å². The lowest BCUT2D eigenvalue weighted by Gasteiger charge is -2.15. The van der Waals surface area contributed by atoms with E-state index in [0.29, 0.717) is 5.69 Å². The van der Waals surface area contributed by atoms with E-state index in [-0.39, 0.29) is 37.7 Å². The first-order valence-corrected chi connectivity index (χ1v) is 8.06. The second-order valence-corrected chi connectivity index (χ2v) is 5.93. The van der Waals surface area contributed by atoms with Crippen LogP contribution in [0.3, 0.4) is 0 Å². The van der Waals surface area contributed by atoms with Crippen molar-refractivity contribution in [2.75, 3.05) is 13.1 Å². The summed E-state index contributed by atoms with van der Waals surface area (Å²) < 4.78 is 5.24. The molecule has 6 nitrogen and oxygen atoms in total. The SMILES string of the molecule is O=C(CC1CN(C(=O)OCc2ccccc2)CC1=O)c1ccccn1. The van der Waals surface area contributed by atoms with Crippen molar-refractivity contribution in [3.63, 3.8) is 0 Å². The van der Waals surface area contributed by atoms with Crippen LogP contribution in [0.15, 0.2) is 54.7 Å². The lowest BCUT2D eigenvalue weighted by molar-refractivity contribution is -0.119. The maximum Gasteiger partial charge on any atom is 0.410 e. The molecule has 1 amide bonds. The van der Waals surface area contributed by atoms with Crippen molar-refractivity contribution in [1.29, 1.82) is 0 Å². The molecule has 0 aliphatic carbocycles. The first-order valence-electron chi connectivity index (χ1n) is 8.06. The number of amides is 1. The van der Waals surface area contributed by atoms with Crippen molar-refractivity contribution in [2.24, 2.45) is 5.92 Å². The fourth-order valence-electron chi connectivity index (χ4n) is 2.73. The fraction of sp³-hybridized carbons (Fsp3) is 0.263. The second kappa shape index (κ2) is 7.70. The second-order valence-electron chi connectivity index (χ2n) is 5.93. The van der Waals surface area contributed by atoms with E-state index >= 15 is 0 Å². The predicted molar refractivity (Wildman–Crippen MR) is 89.9 cm³/mol. The number of likely N-dealkylation sites (tertiary alicyclic amines) is 1. The molecule has 0 N–H and O–H groups in total. The van der Waals surface area contributed by atoms with Gasteiger partial charge in [-0.05, 0) is 17.7 Å². The van der Waals surface area contributed by atoms with Crippen LogP contribution in [-0.4, -0.2) is 40.6 Å². The number of ether oxygens (including phenoxy) is 1. The predicted octanol–water partition coefficient (Wildman–Crippen LogP) is 2.49. The van der Waals surface area contributed by atoms with Crippen LogP contribution < -0.4 is 0 Å². The van der Waals surface area contributed by atoms with Crippen LogP contribution >= 0.6 is 0 Å². The fourth-order valence-corrected chi connectivity index (χ4v) is 2.73. The molecule has 1 fully saturated rings. The maximum atomic E-state index is 12.2. The van der Waals surface area contributed by atoms with Gasteiger partial charge in [-0.1, -0.05) is 36.4 Å². The zero-order chi connectivity index (χ0) is 17.6. The Bertz CT molecular complexity index is 762. The summed E-state index contributed by atoms with van der Waals surface area (Å²) in [4.78, 5) is 41.8. The molecule has 6 heteroatoms. The molecule has 1 aliphatic rings. The highest BCUT2D eigenvalue weighted by molar-refractivity contribution is 5.99. The van der Waals surface area contributed by atoms with Gasteiger partial charge in [-0.3, -0.25) is 14.6 Å². The summed E-state index contributed by atoms with van der Waals surface area (Å²) in [5, 5.41) is 0. The average Bonchev–Trinajstić information content (AvgIpc) is 3.02. The van der Waals surface area contributed by atoms with Gasteiger partial charge in [0.1, 0.15) is 12.3 Å². The third-order valence-electron chi connectivity index (χ3n) is 4.09. The maximum absolute atomic E-state index is 12.2. The van der Waals surface area contributed by atoms with Gasteiger partial charge in [0, 0.05) is 25.1 Å². The molecule has 0 bridgehead atoms. The standard InChI is InChI=1S/C19H18N2O4/c22-17(16-8-4-5-9-20-16)10-15-11-21(12-18(15)23)19(24)25-13-14-6-2-1-3-7-14/h1-9,15H,10-13H2. The summed E-state index contributed by atoms with van der Waals surface area (Å²) >= 11 is 0. The van der Waals surface area contributed by atoms with Crippen LogP contribution in [0.4, 0.5) is 4.79 Å². The monoisotopic (exact) mass is 338 g/mol. The number of pyridine rings is 1. The molecule has 1 atom stereocenters. The highest BCUT2D eigenvalue weighted by Crippen LogP contribution is 2.19. The van der Waals surface area contributed by atoms with E-state index in [9.17, 15) is 14.4 Å². The van der Waals surface area contributed by atoms with Crippen molar-refractivity contribution in [3.8, 4) is 0 Å². The first kappa shape index (κ1) is 16.8. The Balaban J connectivity index is 1.53. The minimum atomic E-state index is -0.537. The van der Waals surface area contributed by atoms with E-state index < -0.39 is 12.0 Å². The Morgan fingerprint density at radius 2 is 1.88 bits per heavy atom. The lowest BCUT2D eigenvalue weighted by Crippen LogP contribution is -2.29. The van der Waals surface area contributed by atoms with Gasteiger partial charge in [0.05, 0.1) is 6.54 Å². The average molecular weight is 338 g/mol. The Morgan fingerprint density at radius 1 is 1.12 bits per heavy atom.